The van der Waals surface area contributed by atoms with Crippen LogP contribution in [0.3, 0.4) is 0 Å². The molecular weight excluding hydrogens is 432 g/mol. The molecule has 2 heterocycles. The van der Waals surface area contributed by atoms with Gasteiger partial charge in [0.2, 0.25) is 5.56 Å². The first-order valence-corrected chi connectivity index (χ1v) is 10.0. The molecular formula is C23H19ClN4O4. The fraction of sp³-hybridized carbons (Fsp3) is 0.0870. The van der Waals surface area contributed by atoms with E-state index in [0.717, 1.165) is 6.07 Å². The summed E-state index contributed by atoms with van der Waals surface area (Å²) in [5.74, 6) is -1.06. The van der Waals surface area contributed by atoms with Crippen LogP contribution in [0.4, 0.5) is 0 Å². The second kappa shape index (κ2) is 8.60. The zero-order chi connectivity index (χ0) is 22.8. The van der Waals surface area contributed by atoms with E-state index < -0.39 is 5.91 Å². The first-order valence-electron chi connectivity index (χ1n) is 9.63. The number of halogens is 1. The number of carbonyl (C=O) groups is 1. The molecule has 0 atom stereocenters. The molecule has 2 aromatic carbocycles. The standard InChI is InChI=1S/C23H19ClN4O4/c1-27(13-14-6-8-25-22(31)10-14)23(32)16-11-15(20(29)12-21(16)30)18-7-9-26-28(18)19-5-3-2-4-17(19)24/h2-12,29-30H,13H2,1H3,(H,25,31). The SMILES string of the molecule is CN(Cc1cc[nH]c(=O)c1)C(=O)c1cc(-c2ccnn2-c2ccccc2Cl)c(O)cc1O. The zero-order valence-electron chi connectivity index (χ0n) is 17.0. The first kappa shape index (κ1) is 21.2. The van der Waals surface area contributed by atoms with E-state index in [0.29, 0.717) is 27.5 Å². The Balaban J connectivity index is 1.72. The Kier molecular flexibility index (Phi) is 5.70. The molecule has 0 aliphatic heterocycles. The second-order valence-corrected chi connectivity index (χ2v) is 7.60. The van der Waals surface area contributed by atoms with Crippen LogP contribution in [0, 0.1) is 0 Å². The molecule has 1 amide bonds. The van der Waals surface area contributed by atoms with Crippen LogP contribution < -0.4 is 5.56 Å². The van der Waals surface area contributed by atoms with Gasteiger partial charge in [0.25, 0.3) is 5.91 Å². The average molecular weight is 451 g/mol. The zero-order valence-corrected chi connectivity index (χ0v) is 17.7. The average Bonchev–Trinajstić information content (AvgIpc) is 3.23. The van der Waals surface area contributed by atoms with Gasteiger partial charge in [0, 0.05) is 37.5 Å². The number of rotatable bonds is 5. The van der Waals surface area contributed by atoms with E-state index in [1.165, 1.54) is 23.2 Å². The Morgan fingerprint density at radius 2 is 1.91 bits per heavy atom. The minimum Gasteiger partial charge on any atom is -0.507 e. The van der Waals surface area contributed by atoms with Crippen LogP contribution in [0.25, 0.3) is 16.9 Å². The summed E-state index contributed by atoms with van der Waals surface area (Å²) in [6, 6.07) is 14.4. The number of pyridine rings is 1. The molecule has 0 saturated heterocycles. The summed E-state index contributed by atoms with van der Waals surface area (Å²) in [6.07, 6.45) is 3.05. The maximum absolute atomic E-state index is 13.1. The predicted octanol–water partition coefficient (Wildman–Crippen LogP) is 3.56. The summed E-state index contributed by atoms with van der Waals surface area (Å²) in [5.41, 5.74) is 1.75. The lowest BCUT2D eigenvalue weighted by molar-refractivity contribution is 0.0782. The summed E-state index contributed by atoms with van der Waals surface area (Å²) in [5, 5.41) is 25.6. The van der Waals surface area contributed by atoms with Crippen LogP contribution in [-0.4, -0.2) is 42.8 Å². The minimum atomic E-state index is -0.479. The number of benzene rings is 2. The predicted molar refractivity (Wildman–Crippen MR) is 120 cm³/mol. The number of aromatic nitrogens is 3. The van der Waals surface area contributed by atoms with Crippen LogP contribution in [-0.2, 0) is 6.54 Å². The Hall–Kier alpha value is -4.04. The van der Waals surface area contributed by atoms with Gasteiger partial charge in [-0.2, -0.15) is 5.10 Å². The van der Waals surface area contributed by atoms with Crippen molar-refractivity contribution in [1.82, 2.24) is 19.7 Å². The molecule has 162 valence electrons. The molecule has 3 N–H and O–H groups in total. The third-order valence-electron chi connectivity index (χ3n) is 4.95. The van der Waals surface area contributed by atoms with Gasteiger partial charge in [-0.3, -0.25) is 9.59 Å². The minimum absolute atomic E-state index is 0.00273. The molecule has 0 fully saturated rings. The Bertz CT molecular complexity index is 1360. The molecule has 0 radical (unpaired) electrons. The van der Waals surface area contributed by atoms with E-state index in [2.05, 4.69) is 10.1 Å². The van der Waals surface area contributed by atoms with Gasteiger partial charge >= 0.3 is 0 Å². The van der Waals surface area contributed by atoms with Crippen LogP contribution >= 0.6 is 11.6 Å². The van der Waals surface area contributed by atoms with Crippen LogP contribution in [0.1, 0.15) is 15.9 Å². The summed E-state index contributed by atoms with van der Waals surface area (Å²) in [4.78, 5) is 28.5. The third-order valence-corrected chi connectivity index (χ3v) is 5.27. The highest BCUT2D eigenvalue weighted by molar-refractivity contribution is 6.32. The van der Waals surface area contributed by atoms with Gasteiger partial charge in [0.15, 0.2) is 0 Å². The van der Waals surface area contributed by atoms with Gasteiger partial charge in [0.1, 0.15) is 11.5 Å². The van der Waals surface area contributed by atoms with Crippen molar-refractivity contribution in [2.45, 2.75) is 6.54 Å². The van der Waals surface area contributed by atoms with Gasteiger partial charge in [-0.1, -0.05) is 23.7 Å². The molecule has 32 heavy (non-hydrogen) atoms. The fourth-order valence-electron chi connectivity index (χ4n) is 3.42. The number of amides is 1. The second-order valence-electron chi connectivity index (χ2n) is 7.19. The Morgan fingerprint density at radius 3 is 2.66 bits per heavy atom. The van der Waals surface area contributed by atoms with Gasteiger partial charge in [-0.05, 0) is 35.9 Å². The van der Waals surface area contributed by atoms with E-state index in [1.807, 2.05) is 6.07 Å². The first-order chi connectivity index (χ1) is 15.3. The number of para-hydroxylation sites is 1. The molecule has 0 unspecified atom stereocenters. The molecule has 2 aromatic heterocycles. The highest BCUT2D eigenvalue weighted by Crippen LogP contribution is 2.37. The lowest BCUT2D eigenvalue weighted by atomic mass is 10.0. The Morgan fingerprint density at radius 1 is 1.12 bits per heavy atom. The van der Waals surface area contributed by atoms with Gasteiger partial charge < -0.3 is 20.1 Å². The molecule has 0 bridgehead atoms. The van der Waals surface area contributed by atoms with Crippen molar-refractivity contribution in [1.29, 1.82) is 0 Å². The quantitative estimate of drug-likeness (QED) is 0.430. The van der Waals surface area contributed by atoms with Crippen molar-refractivity contribution in [2.24, 2.45) is 0 Å². The number of hydrogen-bond acceptors (Lipinski definition) is 5. The van der Waals surface area contributed by atoms with E-state index in [4.69, 9.17) is 11.6 Å². The molecule has 0 aliphatic carbocycles. The number of aromatic amines is 1. The monoisotopic (exact) mass is 450 g/mol. The number of nitrogens with zero attached hydrogens (tertiary/aromatic N) is 3. The van der Waals surface area contributed by atoms with Gasteiger partial charge in [-0.25, -0.2) is 4.68 Å². The highest BCUT2D eigenvalue weighted by Gasteiger charge is 2.22. The van der Waals surface area contributed by atoms with Crippen LogP contribution in [0.15, 0.2) is 71.8 Å². The van der Waals surface area contributed by atoms with E-state index >= 15 is 0 Å². The van der Waals surface area contributed by atoms with E-state index in [-0.39, 0.29) is 29.2 Å². The van der Waals surface area contributed by atoms with Crippen molar-refractivity contribution >= 4 is 17.5 Å². The highest BCUT2D eigenvalue weighted by atomic mass is 35.5. The summed E-state index contributed by atoms with van der Waals surface area (Å²) >= 11 is 6.30. The maximum Gasteiger partial charge on any atom is 0.257 e. The number of hydrogen-bond donors (Lipinski definition) is 3. The Labute approximate surface area is 187 Å². The number of H-pyrrole nitrogens is 1. The van der Waals surface area contributed by atoms with Crippen molar-refractivity contribution in [3.05, 3.63) is 93.5 Å². The van der Waals surface area contributed by atoms with E-state index in [9.17, 15) is 19.8 Å². The molecule has 0 aliphatic rings. The van der Waals surface area contributed by atoms with E-state index in [1.54, 1.807) is 48.3 Å². The maximum atomic E-state index is 13.1. The number of carbonyl (C=O) groups excluding carboxylic acids is 1. The van der Waals surface area contributed by atoms with Crippen LogP contribution in [0.2, 0.25) is 5.02 Å². The largest absolute Gasteiger partial charge is 0.507 e. The van der Waals surface area contributed by atoms with Crippen molar-refractivity contribution in [2.75, 3.05) is 7.05 Å². The van der Waals surface area contributed by atoms with Gasteiger partial charge in [-0.15, -0.1) is 0 Å². The summed E-state index contributed by atoms with van der Waals surface area (Å²) < 4.78 is 1.54. The summed E-state index contributed by atoms with van der Waals surface area (Å²) in [7, 11) is 1.56. The summed E-state index contributed by atoms with van der Waals surface area (Å²) in [6.45, 7) is 0.163. The van der Waals surface area contributed by atoms with Crippen molar-refractivity contribution < 1.29 is 15.0 Å². The van der Waals surface area contributed by atoms with Crippen molar-refractivity contribution in [3.63, 3.8) is 0 Å². The fourth-order valence-corrected chi connectivity index (χ4v) is 3.63. The smallest absolute Gasteiger partial charge is 0.257 e. The topological polar surface area (TPSA) is 111 Å². The van der Waals surface area contributed by atoms with Crippen LogP contribution in [0.5, 0.6) is 11.5 Å². The molecule has 0 spiro atoms. The molecule has 4 aromatic rings. The molecule has 4 rings (SSSR count). The van der Waals surface area contributed by atoms with Gasteiger partial charge in [0.05, 0.1) is 28.2 Å². The number of nitrogens with one attached hydrogen (secondary N) is 1. The lowest BCUT2D eigenvalue weighted by Gasteiger charge is -2.19. The number of phenols is 2. The normalized spacial score (nSPS) is 10.8. The molecule has 9 heteroatoms. The molecule has 8 nitrogen and oxygen atoms in total. The number of aromatic hydroxyl groups is 2. The molecule has 0 saturated carbocycles. The number of phenolic OH excluding ortho intramolecular Hbond substituents is 2. The third kappa shape index (κ3) is 4.08. The lowest BCUT2D eigenvalue weighted by Crippen LogP contribution is -2.27. The van der Waals surface area contributed by atoms with Crippen molar-refractivity contribution in [3.8, 4) is 28.4 Å².